The van der Waals surface area contributed by atoms with Gasteiger partial charge >= 0.3 is 11.9 Å². The zero-order valence-corrected chi connectivity index (χ0v) is 10.2. The summed E-state index contributed by atoms with van der Waals surface area (Å²) < 4.78 is 4.56. The number of carbonyl (C=O) groups excluding carboxylic acids is 1. The molecule has 1 saturated carbocycles. The van der Waals surface area contributed by atoms with E-state index in [1.807, 2.05) is 0 Å². The molecule has 1 rings (SSSR count). The SMILES string of the molecule is C1CCC1.O=C(O)CCCCC(=O)OCCO. The summed E-state index contributed by atoms with van der Waals surface area (Å²) in [4.78, 5) is 20.8. The summed E-state index contributed by atoms with van der Waals surface area (Å²) in [6.45, 7) is -0.168. The number of aliphatic carboxylic acids is 1. The summed E-state index contributed by atoms with van der Waals surface area (Å²) in [7, 11) is 0. The summed E-state index contributed by atoms with van der Waals surface area (Å²) >= 11 is 0. The van der Waals surface area contributed by atoms with Crippen molar-refractivity contribution in [1.82, 2.24) is 0 Å². The second-order valence-electron chi connectivity index (χ2n) is 3.96. The first-order valence-electron chi connectivity index (χ1n) is 6.15. The number of carbonyl (C=O) groups is 2. The first-order chi connectivity index (χ1) is 8.16. The summed E-state index contributed by atoms with van der Waals surface area (Å²) in [5, 5.41) is 16.6. The maximum absolute atomic E-state index is 10.8. The van der Waals surface area contributed by atoms with Crippen molar-refractivity contribution in [2.45, 2.75) is 51.4 Å². The first-order valence-corrected chi connectivity index (χ1v) is 6.15. The molecule has 1 aliphatic rings. The van der Waals surface area contributed by atoms with Gasteiger partial charge in [0.05, 0.1) is 6.61 Å². The van der Waals surface area contributed by atoms with E-state index >= 15 is 0 Å². The Labute approximate surface area is 102 Å². The highest BCUT2D eigenvalue weighted by molar-refractivity contribution is 5.69. The van der Waals surface area contributed by atoms with Gasteiger partial charge in [-0.05, 0) is 12.8 Å². The average molecular weight is 246 g/mol. The molecular weight excluding hydrogens is 224 g/mol. The predicted octanol–water partition coefficient (Wildman–Crippen LogP) is 1.73. The molecule has 0 aromatic heterocycles. The number of ether oxygens (including phenoxy) is 1. The van der Waals surface area contributed by atoms with E-state index in [1.54, 1.807) is 0 Å². The smallest absolute Gasteiger partial charge is 0.305 e. The number of carboxylic acid groups (broad SMARTS) is 1. The summed E-state index contributed by atoms with van der Waals surface area (Å²) in [5.41, 5.74) is 0. The zero-order valence-electron chi connectivity index (χ0n) is 10.2. The van der Waals surface area contributed by atoms with Crippen molar-refractivity contribution in [3.8, 4) is 0 Å². The minimum Gasteiger partial charge on any atom is -0.481 e. The number of hydrogen-bond donors (Lipinski definition) is 2. The van der Waals surface area contributed by atoms with Crippen molar-refractivity contribution in [2.24, 2.45) is 0 Å². The van der Waals surface area contributed by atoms with Gasteiger partial charge in [-0.3, -0.25) is 9.59 Å². The van der Waals surface area contributed by atoms with Crippen LogP contribution in [0.1, 0.15) is 51.4 Å². The van der Waals surface area contributed by atoms with Crippen LogP contribution >= 0.6 is 0 Å². The van der Waals surface area contributed by atoms with Gasteiger partial charge in [-0.2, -0.15) is 0 Å². The Hall–Kier alpha value is -1.10. The number of carboxylic acids is 1. The van der Waals surface area contributed by atoms with E-state index in [1.165, 1.54) is 25.7 Å². The number of aliphatic hydroxyl groups is 1. The third kappa shape index (κ3) is 12.8. The molecule has 17 heavy (non-hydrogen) atoms. The molecule has 100 valence electrons. The van der Waals surface area contributed by atoms with Crippen LogP contribution in [-0.2, 0) is 14.3 Å². The lowest BCUT2D eigenvalue weighted by atomic mass is 10.0. The average Bonchev–Trinajstić information content (AvgIpc) is 2.18. The molecular formula is C12H22O5. The van der Waals surface area contributed by atoms with Crippen LogP contribution in [0.3, 0.4) is 0 Å². The molecule has 1 fully saturated rings. The van der Waals surface area contributed by atoms with Crippen molar-refractivity contribution in [3.63, 3.8) is 0 Å². The van der Waals surface area contributed by atoms with E-state index in [0.29, 0.717) is 12.8 Å². The highest BCUT2D eigenvalue weighted by Gasteiger charge is 2.03. The van der Waals surface area contributed by atoms with Gasteiger partial charge in [-0.15, -0.1) is 0 Å². The molecule has 0 aliphatic heterocycles. The zero-order chi connectivity index (χ0) is 12.9. The van der Waals surface area contributed by atoms with Gasteiger partial charge in [-0.1, -0.05) is 25.7 Å². The third-order valence-electron chi connectivity index (χ3n) is 2.38. The summed E-state index contributed by atoms with van der Waals surface area (Å²) in [6, 6.07) is 0. The molecule has 0 aromatic rings. The molecule has 0 saturated heterocycles. The Balaban J connectivity index is 0.000000529. The van der Waals surface area contributed by atoms with Crippen LogP contribution in [-0.4, -0.2) is 35.4 Å². The van der Waals surface area contributed by atoms with Crippen molar-refractivity contribution < 1.29 is 24.5 Å². The lowest BCUT2D eigenvalue weighted by Gasteiger charge is -2.05. The van der Waals surface area contributed by atoms with E-state index in [9.17, 15) is 9.59 Å². The molecule has 0 unspecified atom stereocenters. The van der Waals surface area contributed by atoms with Gasteiger partial charge in [0.15, 0.2) is 0 Å². The fraction of sp³-hybridized carbons (Fsp3) is 0.833. The maximum Gasteiger partial charge on any atom is 0.305 e. The molecule has 0 heterocycles. The molecule has 0 spiro atoms. The van der Waals surface area contributed by atoms with Crippen molar-refractivity contribution in [2.75, 3.05) is 13.2 Å². The Kier molecular flexibility index (Phi) is 10.7. The van der Waals surface area contributed by atoms with Crippen LogP contribution in [0.5, 0.6) is 0 Å². The Morgan fingerprint density at radius 1 is 1.00 bits per heavy atom. The molecule has 5 heteroatoms. The van der Waals surface area contributed by atoms with Gasteiger partial charge < -0.3 is 14.9 Å². The Morgan fingerprint density at radius 2 is 1.53 bits per heavy atom. The minimum absolute atomic E-state index is 0.0117. The predicted molar refractivity (Wildman–Crippen MR) is 62.6 cm³/mol. The number of rotatable bonds is 7. The van der Waals surface area contributed by atoms with E-state index < -0.39 is 5.97 Å². The standard InChI is InChI=1S/C8H14O5.C4H8/c9-5-6-13-8(12)4-2-1-3-7(10)11;1-2-4-3-1/h9H,1-6H2,(H,10,11);1-4H2. The molecule has 0 bridgehead atoms. The fourth-order valence-corrected chi connectivity index (χ4v) is 1.03. The topological polar surface area (TPSA) is 83.8 Å². The van der Waals surface area contributed by atoms with Crippen LogP contribution in [0.25, 0.3) is 0 Å². The quantitative estimate of drug-likeness (QED) is 0.528. The Bertz CT molecular complexity index is 207. The number of unbranched alkanes of at least 4 members (excludes halogenated alkanes) is 1. The third-order valence-corrected chi connectivity index (χ3v) is 2.38. The van der Waals surface area contributed by atoms with Crippen LogP contribution in [0.15, 0.2) is 0 Å². The van der Waals surface area contributed by atoms with Gasteiger partial charge in [0.1, 0.15) is 6.61 Å². The first kappa shape index (κ1) is 15.9. The minimum atomic E-state index is -0.858. The van der Waals surface area contributed by atoms with E-state index in [-0.39, 0.29) is 32.0 Å². The van der Waals surface area contributed by atoms with Gasteiger partial charge in [-0.25, -0.2) is 0 Å². The molecule has 0 aromatic carbocycles. The molecule has 0 radical (unpaired) electrons. The van der Waals surface area contributed by atoms with Crippen molar-refractivity contribution in [1.29, 1.82) is 0 Å². The van der Waals surface area contributed by atoms with Crippen LogP contribution in [0.2, 0.25) is 0 Å². The molecule has 5 nitrogen and oxygen atoms in total. The fourth-order valence-electron chi connectivity index (χ4n) is 1.03. The number of aliphatic hydroxyl groups excluding tert-OH is 1. The number of esters is 1. The highest BCUT2D eigenvalue weighted by Crippen LogP contribution is 2.15. The van der Waals surface area contributed by atoms with Crippen LogP contribution in [0.4, 0.5) is 0 Å². The summed E-state index contributed by atoms with van der Waals surface area (Å²) in [5.74, 6) is -1.25. The molecule has 0 amide bonds. The van der Waals surface area contributed by atoms with Gasteiger partial charge in [0, 0.05) is 12.8 Å². The van der Waals surface area contributed by atoms with Crippen LogP contribution < -0.4 is 0 Å². The lowest BCUT2D eigenvalue weighted by molar-refractivity contribution is -0.145. The van der Waals surface area contributed by atoms with E-state index in [2.05, 4.69) is 4.74 Å². The largest absolute Gasteiger partial charge is 0.481 e. The molecule has 2 N–H and O–H groups in total. The summed E-state index contributed by atoms with van der Waals surface area (Å²) in [6.07, 6.45) is 7.28. The lowest BCUT2D eigenvalue weighted by Crippen LogP contribution is -2.08. The second-order valence-corrected chi connectivity index (χ2v) is 3.96. The maximum atomic E-state index is 10.8. The van der Waals surface area contributed by atoms with Crippen LogP contribution in [0, 0.1) is 0 Å². The van der Waals surface area contributed by atoms with E-state index in [0.717, 1.165) is 0 Å². The molecule has 1 aliphatic carbocycles. The van der Waals surface area contributed by atoms with Crippen molar-refractivity contribution >= 4 is 11.9 Å². The molecule has 0 atom stereocenters. The second kappa shape index (κ2) is 11.4. The van der Waals surface area contributed by atoms with E-state index in [4.69, 9.17) is 10.2 Å². The number of hydrogen-bond acceptors (Lipinski definition) is 4. The van der Waals surface area contributed by atoms with Gasteiger partial charge in [0.25, 0.3) is 0 Å². The Morgan fingerprint density at radius 3 is 1.94 bits per heavy atom. The van der Waals surface area contributed by atoms with Gasteiger partial charge in [0.2, 0.25) is 0 Å². The monoisotopic (exact) mass is 246 g/mol. The highest BCUT2D eigenvalue weighted by atomic mass is 16.5. The normalized spacial score (nSPS) is 13.0. The van der Waals surface area contributed by atoms with Crippen molar-refractivity contribution in [3.05, 3.63) is 0 Å².